The number of nitrogens with one attached hydrogen (secondary N) is 2. The van der Waals surface area contributed by atoms with Gasteiger partial charge >= 0.3 is 6.03 Å². The van der Waals surface area contributed by atoms with E-state index in [1.54, 1.807) is 11.3 Å². The van der Waals surface area contributed by atoms with E-state index in [1.165, 1.54) is 0 Å². The van der Waals surface area contributed by atoms with Crippen molar-refractivity contribution in [2.24, 2.45) is 5.92 Å². The zero-order chi connectivity index (χ0) is 20.1. The van der Waals surface area contributed by atoms with Crippen molar-refractivity contribution in [3.8, 4) is 11.3 Å². The predicted octanol–water partition coefficient (Wildman–Crippen LogP) is 3.51. The number of carbonyl (C=O) groups is 1. The SMILES string of the molecule is Cc1nc(-c2ccc(NC(=O)NCC(C(C)C)N3CCN(C)CC3)cc2)cs1. The average molecular weight is 402 g/mol. The molecule has 0 saturated carbocycles. The number of hydrogen-bond acceptors (Lipinski definition) is 5. The van der Waals surface area contributed by atoms with Crippen LogP contribution in [0.3, 0.4) is 0 Å². The van der Waals surface area contributed by atoms with Crippen LogP contribution in [-0.4, -0.2) is 66.6 Å². The van der Waals surface area contributed by atoms with Crippen molar-refractivity contribution in [2.75, 3.05) is 45.1 Å². The van der Waals surface area contributed by atoms with Gasteiger partial charge in [0.05, 0.1) is 10.7 Å². The molecule has 0 spiro atoms. The highest BCUT2D eigenvalue weighted by Crippen LogP contribution is 2.23. The molecule has 1 fully saturated rings. The zero-order valence-corrected chi connectivity index (χ0v) is 18.1. The van der Waals surface area contributed by atoms with Crippen LogP contribution in [0.2, 0.25) is 0 Å². The number of anilines is 1. The summed E-state index contributed by atoms with van der Waals surface area (Å²) >= 11 is 1.64. The first-order valence-electron chi connectivity index (χ1n) is 9.92. The van der Waals surface area contributed by atoms with Crippen LogP contribution in [0.25, 0.3) is 11.3 Å². The molecule has 1 aromatic heterocycles. The lowest BCUT2D eigenvalue weighted by atomic mass is 10.0. The fourth-order valence-corrected chi connectivity index (χ4v) is 4.15. The van der Waals surface area contributed by atoms with Gasteiger partial charge in [-0.2, -0.15) is 0 Å². The van der Waals surface area contributed by atoms with Crippen LogP contribution >= 0.6 is 11.3 Å². The maximum absolute atomic E-state index is 12.4. The second-order valence-electron chi connectivity index (χ2n) is 7.81. The minimum Gasteiger partial charge on any atom is -0.336 e. The first kappa shape index (κ1) is 20.8. The van der Waals surface area contributed by atoms with Gasteiger partial charge in [-0.05, 0) is 32.0 Å². The number of thiazole rings is 1. The molecular weight excluding hydrogens is 370 g/mol. The Balaban J connectivity index is 1.51. The second kappa shape index (κ2) is 9.49. The number of rotatable bonds is 6. The van der Waals surface area contributed by atoms with E-state index in [9.17, 15) is 4.79 Å². The first-order chi connectivity index (χ1) is 13.4. The maximum atomic E-state index is 12.4. The highest BCUT2D eigenvalue weighted by molar-refractivity contribution is 7.09. The summed E-state index contributed by atoms with van der Waals surface area (Å²) in [6, 6.07) is 8.02. The predicted molar refractivity (Wildman–Crippen MR) is 117 cm³/mol. The number of aromatic nitrogens is 1. The Kier molecular flexibility index (Phi) is 7.04. The minimum atomic E-state index is -0.156. The molecule has 1 aliphatic rings. The molecule has 0 bridgehead atoms. The third-order valence-corrected chi connectivity index (χ3v) is 6.08. The van der Waals surface area contributed by atoms with Crippen molar-refractivity contribution in [3.63, 3.8) is 0 Å². The van der Waals surface area contributed by atoms with Gasteiger partial charge in [0.25, 0.3) is 0 Å². The molecule has 1 aliphatic heterocycles. The molecule has 1 unspecified atom stereocenters. The average Bonchev–Trinajstić information content (AvgIpc) is 3.10. The van der Waals surface area contributed by atoms with Crippen LogP contribution < -0.4 is 10.6 Å². The van der Waals surface area contributed by atoms with Gasteiger partial charge in [0.15, 0.2) is 0 Å². The summed E-state index contributed by atoms with van der Waals surface area (Å²) in [6.07, 6.45) is 0. The summed E-state index contributed by atoms with van der Waals surface area (Å²) in [5.41, 5.74) is 2.82. The smallest absolute Gasteiger partial charge is 0.319 e. The summed E-state index contributed by atoms with van der Waals surface area (Å²) < 4.78 is 0. The fraction of sp³-hybridized carbons (Fsp3) is 0.524. The summed E-state index contributed by atoms with van der Waals surface area (Å²) in [5, 5.41) is 9.09. The van der Waals surface area contributed by atoms with Crippen LogP contribution in [-0.2, 0) is 0 Å². The fourth-order valence-electron chi connectivity index (χ4n) is 3.53. The van der Waals surface area contributed by atoms with Crippen LogP contribution in [0.1, 0.15) is 18.9 Å². The number of carbonyl (C=O) groups excluding carboxylic acids is 1. The number of hydrogen-bond donors (Lipinski definition) is 2. The van der Waals surface area contributed by atoms with Gasteiger partial charge < -0.3 is 15.5 Å². The largest absolute Gasteiger partial charge is 0.336 e. The molecule has 1 atom stereocenters. The van der Waals surface area contributed by atoms with E-state index in [4.69, 9.17) is 0 Å². The Morgan fingerprint density at radius 3 is 2.43 bits per heavy atom. The first-order valence-corrected chi connectivity index (χ1v) is 10.8. The van der Waals surface area contributed by atoms with Gasteiger partial charge in [0.2, 0.25) is 0 Å². The minimum absolute atomic E-state index is 0.156. The highest BCUT2D eigenvalue weighted by Gasteiger charge is 2.25. The number of aryl methyl sites for hydroxylation is 1. The number of urea groups is 1. The Morgan fingerprint density at radius 2 is 1.86 bits per heavy atom. The molecule has 6 nitrogen and oxygen atoms in total. The number of amides is 2. The van der Waals surface area contributed by atoms with Gasteiger partial charge in [0.1, 0.15) is 0 Å². The molecular formula is C21H31N5OS. The lowest BCUT2D eigenvalue weighted by Gasteiger charge is -2.39. The summed E-state index contributed by atoms with van der Waals surface area (Å²) in [6.45, 7) is 11.4. The molecule has 0 aliphatic carbocycles. The Labute approximate surface area is 172 Å². The molecule has 152 valence electrons. The molecule has 28 heavy (non-hydrogen) atoms. The van der Waals surface area contributed by atoms with Crippen molar-refractivity contribution in [2.45, 2.75) is 26.8 Å². The molecule has 7 heteroatoms. The van der Waals surface area contributed by atoms with E-state index in [0.29, 0.717) is 18.5 Å². The molecule has 1 saturated heterocycles. The number of nitrogens with zero attached hydrogens (tertiary/aromatic N) is 3. The van der Waals surface area contributed by atoms with Gasteiger partial charge in [0, 0.05) is 55.4 Å². The number of benzene rings is 1. The highest BCUT2D eigenvalue weighted by atomic mass is 32.1. The third-order valence-electron chi connectivity index (χ3n) is 5.31. The molecule has 3 rings (SSSR count). The Hall–Kier alpha value is -1.96. The van der Waals surface area contributed by atoms with Crippen molar-refractivity contribution >= 4 is 23.1 Å². The lowest BCUT2D eigenvalue weighted by molar-refractivity contribution is 0.0890. The van der Waals surface area contributed by atoms with Gasteiger partial charge in [-0.15, -0.1) is 11.3 Å². The quantitative estimate of drug-likeness (QED) is 0.778. The van der Waals surface area contributed by atoms with Gasteiger partial charge in [-0.3, -0.25) is 4.90 Å². The molecule has 2 heterocycles. The van der Waals surface area contributed by atoms with Crippen molar-refractivity contribution in [3.05, 3.63) is 34.7 Å². The summed E-state index contributed by atoms with van der Waals surface area (Å²) in [4.78, 5) is 21.7. The monoisotopic (exact) mass is 401 g/mol. The van der Waals surface area contributed by atoms with Crippen molar-refractivity contribution in [1.29, 1.82) is 0 Å². The van der Waals surface area contributed by atoms with Crippen molar-refractivity contribution < 1.29 is 4.79 Å². The standard InChI is InChI=1S/C21H31N5OS/c1-15(2)20(26-11-9-25(4)10-12-26)13-22-21(27)24-18-7-5-17(6-8-18)19-14-28-16(3)23-19/h5-8,14-15,20H,9-13H2,1-4H3,(H2,22,24,27). The van der Waals surface area contributed by atoms with Crippen LogP contribution in [0.4, 0.5) is 10.5 Å². The molecule has 2 N–H and O–H groups in total. The van der Waals surface area contributed by atoms with E-state index in [2.05, 4.69) is 51.7 Å². The lowest BCUT2D eigenvalue weighted by Crippen LogP contribution is -2.54. The van der Waals surface area contributed by atoms with E-state index in [-0.39, 0.29) is 6.03 Å². The number of likely N-dealkylation sites (N-methyl/N-ethyl adjacent to an activating group) is 1. The molecule has 2 amide bonds. The van der Waals surface area contributed by atoms with Gasteiger partial charge in [-0.1, -0.05) is 26.0 Å². The molecule has 0 radical (unpaired) electrons. The van der Waals surface area contributed by atoms with Crippen LogP contribution in [0.5, 0.6) is 0 Å². The van der Waals surface area contributed by atoms with E-state index in [0.717, 1.165) is 48.1 Å². The normalized spacial score (nSPS) is 16.9. The van der Waals surface area contributed by atoms with Crippen LogP contribution in [0.15, 0.2) is 29.6 Å². The van der Waals surface area contributed by atoms with Crippen LogP contribution in [0, 0.1) is 12.8 Å². The second-order valence-corrected chi connectivity index (χ2v) is 8.88. The Morgan fingerprint density at radius 1 is 1.18 bits per heavy atom. The summed E-state index contributed by atoms with van der Waals surface area (Å²) in [7, 11) is 2.16. The Bertz CT molecular complexity index is 765. The zero-order valence-electron chi connectivity index (χ0n) is 17.2. The number of piperazine rings is 1. The maximum Gasteiger partial charge on any atom is 0.319 e. The van der Waals surface area contributed by atoms with Crippen molar-refractivity contribution in [1.82, 2.24) is 20.1 Å². The van der Waals surface area contributed by atoms with E-state index >= 15 is 0 Å². The molecule has 1 aromatic carbocycles. The van der Waals surface area contributed by atoms with Gasteiger partial charge in [-0.25, -0.2) is 9.78 Å². The summed E-state index contributed by atoms with van der Waals surface area (Å²) in [5.74, 6) is 0.490. The topological polar surface area (TPSA) is 60.5 Å². The third kappa shape index (κ3) is 5.53. The van der Waals surface area contributed by atoms with E-state index < -0.39 is 0 Å². The van der Waals surface area contributed by atoms with E-state index in [1.807, 2.05) is 31.2 Å². The molecule has 2 aromatic rings.